The lowest BCUT2D eigenvalue weighted by molar-refractivity contribution is -0.137. The van der Waals surface area contributed by atoms with E-state index in [1.165, 1.54) is 49.5 Å². The number of fused-ring (bicyclic) bond motifs is 1. The average Bonchev–Trinajstić information content (AvgIpc) is 3.20. The number of nitrogens with zero attached hydrogens (tertiary/aromatic N) is 2. The van der Waals surface area contributed by atoms with Crippen LogP contribution in [0.1, 0.15) is 21.7 Å². The van der Waals surface area contributed by atoms with Crippen LogP contribution in [0.15, 0.2) is 41.1 Å². The van der Waals surface area contributed by atoms with Gasteiger partial charge in [0.25, 0.3) is 5.91 Å². The van der Waals surface area contributed by atoms with Crippen LogP contribution in [0.4, 0.5) is 18.9 Å². The van der Waals surface area contributed by atoms with Gasteiger partial charge in [-0.3, -0.25) is 14.2 Å². The molecular formula is C18H15F3N2O4. The van der Waals surface area contributed by atoms with Crippen molar-refractivity contribution in [3.05, 3.63) is 53.6 Å². The van der Waals surface area contributed by atoms with Gasteiger partial charge < -0.3 is 14.4 Å². The molecule has 3 rings (SSSR count). The summed E-state index contributed by atoms with van der Waals surface area (Å²) in [6, 6.07) is 5.47. The number of hydrogen-bond acceptors (Lipinski definition) is 4. The van der Waals surface area contributed by atoms with Gasteiger partial charge in [0.15, 0.2) is 5.76 Å². The highest BCUT2D eigenvalue weighted by atomic mass is 19.4. The van der Waals surface area contributed by atoms with Crippen molar-refractivity contribution in [2.45, 2.75) is 12.6 Å². The van der Waals surface area contributed by atoms with E-state index in [4.69, 9.17) is 9.52 Å². The molecule has 27 heavy (non-hydrogen) atoms. The number of hydrogen-bond donors (Lipinski definition) is 1. The van der Waals surface area contributed by atoms with Gasteiger partial charge in [-0.15, -0.1) is 0 Å². The topological polar surface area (TPSA) is 75.7 Å². The first-order chi connectivity index (χ1) is 12.6. The molecule has 0 saturated heterocycles. The Labute approximate surface area is 151 Å². The number of aromatic nitrogens is 1. The molecule has 0 aliphatic rings. The fourth-order valence-corrected chi connectivity index (χ4v) is 3.04. The maximum atomic E-state index is 13.9. The summed E-state index contributed by atoms with van der Waals surface area (Å²) in [5.41, 5.74) is -1.24. The molecule has 9 heteroatoms. The zero-order chi connectivity index (χ0) is 19.9. The van der Waals surface area contributed by atoms with Crippen LogP contribution in [0, 0.1) is 0 Å². The quantitative estimate of drug-likeness (QED) is 0.748. The molecule has 0 spiro atoms. The Balaban J connectivity index is 2.38. The minimum atomic E-state index is -4.74. The van der Waals surface area contributed by atoms with Gasteiger partial charge in [-0.25, -0.2) is 0 Å². The number of carboxylic acids is 1. The van der Waals surface area contributed by atoms with Gasteiger partial charge in [0, 0.05) is 31.4 Å². The second kappa shape index (κ2) is 6.49. The van der Waals surface area contributed by atoms with Crippen LogP contribution >= 0.6 is 0 Å². The lowest BCUT2D eigenvalue weighted by Crippen LogP contribution is -2.17. The zero-order valence-corrected chi connectivity index (χ0v) is 14.4. The molecule has 0 radical (unpaired) electrons. The van der Waals surface area contributed by atoms with Crippen molar-refractivity contribution in [2.24, 2.45) is 0 Å². The number of alkyl halides is 3. The molecule has 0 aliphatic heterocycles. The highest BCUT2D eigenvalue weighted by Crippen LogP contribution is 2.43. The molecule has 0 bridgehead atoms. The Kier molecular flexibility index (Phi) is 4.46. The second-order valence-electron chi connectivity index (χ2n) is 6.12. The lowest BCUT2D eigenvalue weighted by Gasteiger charge is -2.21. The lowest BCUT2D eigenvalue weighted by atomic mass is 10.0. The van der Waals surface area contributed by atoms with Crippen LogP contribution in [0.25, 0.3) is 10.9 Å². The summed E-state index contributed by atoms with van der Waals surface area (Å²) in [6.45, 7) is 0. The Hall–Kier alpha value is -3.23. The number of carboxylic acid groups (broad SMARTS) is 1. The number of carbonyl (C=O) groups is 2. The molecule has 0 atom stereocenters. The average molecular weight is 380 g/mol. The van der Waals surface area contributed by atoms with E-state index >= 15 is 0 Å². The Morgan fingerprint density at radius 1 is 1.22 bits per heavy atom. The number of rotatable bonds is 4. The van der Waals surface area contributed by atoms with Crippen molar-refractivity contribution < 1.29 is 32.3 Å². The molecule has 2 heterocycles. The molecule has 6 nitrogen and oxygen atoms in total. The van der Waals surface area contributed by atoms with Crippen LogP contribution in [0.3, 0.4) is 0 Å². The Bertz CT molecular complexity index is 1020. The van der Waals surface area contributed by atoms with Crippen LogP contribution in [0.2, 0.25) is 0 Å². The van der Waals surface area contributed by atoms with E-state index in [9.17, 15) is 22.8 Å². The summed E-state index contributed by atoms with van der Waals surface area (Å²) in [4.78, 5) is 25.1. The predicted molar refractivity (Wildman–Crippen MR) is 91.0 cm³/mol. The van der Waals surface area contributed by atoms with Crippen molar-refractivity contribution in [3.8, 4) is 0 Å². The van der Waals surface area contributed by atoms with Gasteiger partial charge in [0.1, 0.15) is 0 Å². The van der Waals surface area contributed by atoms with Gasteiger partial charge in [0.2, 0.25) is 0 Å². The normalized spacial score (nSPS) is 11.7. The van der Waals surface area contributed by atoms with Gasteiger partial charge in [-0.2, -0.15) is 13.2 Å². The first-order valence-corrected chi connectivity index (χ1v) is 7.82. The zero-order valence-electron chi connectivity index (χ0n) is 14.4. The highest BCUT2D eigenvalue weighted by Gasteiger charge is 2.38. The van der Waals surface area contributed by atoms with Crippen molar-refractivity contribution in [1.82, 2.24) is 4.57 Å². The van der Waals surface area contributed by atoms with Crippen molar-refractivity contribution in [1.29, 1.82) is 0 Å². The Morgan fingerprint density at radius 2 is 1.93 bits per heavy atom. The summed E-state index contributed by atoms with van der Waals surface area (Å²) in [5.74, 6) is -2.06. The first-order valence-electron chi connectivity index (χ1n) is 7.82. The van der Waals surface area contributed by atoms with E-state index in [0.717, 1.165) is 10.8 Å². The smallest absolute Gasteiger partial charge is 0.419 e. The molecule has 0 aliphatic carbocycles. The third-order valence-corrected chi connectivity index (χ3v) is 4.08. The van der Waals surface area contributed by atoms with Crippen molar-refractivity contribution in [3.63, 3.8) is 0 Å². The third-order valence-electron chi connectivity index (χ3n) is 4.08. The SMILES string of the molecule is CN(C)c1ccc2c(c(CC(=O)O)cn2C(=O)c2ccco2)c1C(F)(F)F. The third kappa shape index (κ3) is 3.27. The molecule has 1 aromatic carbocycles. The summed E-state index contributed by atoms with van der Waals surface area (Å²) in [7, 11) is 2.91. The maximum absolute atomic E-state index is 13.9. The second-order valence-corrected chi connectivity index (χ2v) is 6.12. The summed E-state index contributed by atoms with van der Waals surface area (Å²) in [5, 5.41) is 8.82. The minimum absolute atomic E-state index is 0.0365. The molecule has 0 saturated carbocycles. The van der Waals surface area contributed by atoms with E-state index < -0.39 is 30.0 Å². The van der Waals surface area contributed by atoms with Crippen LogP contribution < -0.4 is 4.90 Å². The molecule has 0 fully saturated rings. The fourth-order valence-electron chi connectivity index (χ4n) is 3.04. The van der Waals surface area contributed by atoms with Gasteiger partial charge in [-0.05, 0) is 29.8 Å². The standard InChI is InChI=1S/C18H15F3N2O4/c1-22(2)12-6-5-11-15(16(12)18(19,20)21)10(8-14(24)25)9-23(11)17(26)13-4-3-7-27-13/h3-7,9H,8H2,1-2H3,(H,24,25). The van der Waals surface area contributed by atoms with E-state index in [1.807, 2.05) is 0 Å². The van der Waals surface area contributed by atoms with Crippen LogP contribution in [-0.2, 0) is 17.4 Å². The molecule has 0 amide bonds. The van der Waals surface area contributed by atoms with Crippen molar-refractivity contribution in [2.75, 3.05) is 19.0 Å². The molecular weight excluding hydrogens is 365 g/mol. The number of carbonyl (C=O) groups excluding carboxylic acids is 1. The molecule has 3 aromatic rings. The number of halogens is 3. The number of aliphatic carboxylic acids is 1. The van der Waals surface area contributed by atoms with Crippen LogP contribution in [0.5, 0.6) is 0 Å². The largest absolute Gasteiger partial charge is 0.481 e. The van der Waals surface area contributed by atoms with E-state index in [0.29, 0.717) is 0 Å². The monoisotopic (exact) mass is 380 g/mol. The molecule has 142 valence electrons. The van der Waals surface area contributed by atoms with Gasteiger partial charge in [0.05, 0.1) is 23.8 Å². The first kappa shape index (κ1) is 18.6. The van der Waals surface area contributed by atoms with Gasteiger partial charge in [-0.1, -0.05) is 0 Å². The van der Waals surface area contributed by atoms with Crippen LogP contribution in [-0.4, -0.2) is 35.6 Å². The summed E-state index contributed by atoms with van der Waals surface area (Å²) in [6.07, 6.45) is -3.01. The van der Waals surface area contributed by atoms with E-state index in [1.54, 1.807) is 0 Å². The van der Waals surface area contributed by atoms with Gasteiger partial charge >= 0.3 is 12.1 Å². The molecule has 0 unspecified atom stereocenters. The maximum Gasteiger partial charge on any atom is 0.419 e. The number of anilines is 1. The summed E-state index contributed by atoms with van der Waals surface area (Å²) >= 11 is 0. The summed E-state index contributed by atoms with van der Waals surface area (Å²) < 4.78 is 47.6. The minimum Gasteiger partial charge on any atom is -0.481 e. The number of furan rings is 1. The van der Waals surface area contributed by atoms with E-state index in [-0.39, 0.29) is 27.9 Å². The highest BCUT2D eigenvalue weighted by molar-refractivity contribution is 6.04. The molecule has 2 aromatic heterocycles. The fraction of sp³-hybridized carbons (Fsp3) is 0.222. The van der Waals surface area contributed by atoms with E-state index in [2.05, 4.69) is 0 Å². The Morgan fingerprint density at radius 3 is 2.44 bits per heavy atom. The van der Waals surface area contributed by atoms with Crippen molar-refractivity contribution >= 4 is 28.5 Å². The molecule has 1 N–H and O–H groups in total. The predicted octanol–water partition coefficient (Wildman–Crippen LogP) is 3.63. The number of benzene rings is 1.